The van der Waals surface area contributed by atoms with Crippen molar-refractivity contribution in [2.75, 3.05) is 0 Å². The number of esters is 1. The maximum atomic E-state index is 11.7. The number of hydrogen-bond donors (Lipinski definition) is 0. The van der Waals surface area contributed by atoms with Gasteiger partial charge in [-0.1, -0.05) is 149 Å². The molecule has 0 radical (unpaired) electrons. The van der Waals surface area contributed by atoms with Crippen molar-refractivity contribution < 1.29 is 9.53 Å². The largest absolute Gasteiger partial charge is 0.451 e. The van der Waals surface area contributed by atoms with E-state index in [1.165, 1.54) is 21.5 Å². The molecule has 1 aliphatic rings. The van der Waals surface area contributed by atoms with Crippen molar-refractivity contribution in [3.05, 3.63) is 145 Å². The molecule has 6 aromatic carbocycles. The Morgan fingerprint density at radius 3 is 1.05 bits per heavy atom. The minimum Gasteiger partial charge on any atom is -0.451 e. The van der Waals surface area contributed by atoms with Gasteiger partial charge in [0.2, 0.25) is 0 Å². The lowest BCUT2D eigenvalue weighted by Gasteiger charge is -2.17. The topological polar surface area (TPSA) is 26.3 Å². The zero-order valence-electron chi connectivity index (χ0n) is 24.5. The van der Waals surface area contributed by atoms with Crippen LogP contribution >= 0.6 is 0 Å². The molecular formula is C38H40O2. The summed E-state index contributed by atoms with van der Waals surface area (Å²) in [5.74, 6) is -0.217. The van der Waals surface area contributed by atoms with Crippen molar-refractivity contribution in [1.29, 1.82) is 0 Å². The fraction of sp³-hybridized carbons (Fsp3) is 0.184. The van der Waals surface area contributed by atoms with Crippen LogP contribution in [0.1, 0.15) is 57.5 Å². The molecule has 1 aliphatic heterocycles. The van der Waals surface area contributed by atoms with E-state index in [0.717, 1.165) is 16.3 Å². The number of fused-ring (bicyclic) bond motifs is 4. The molecule has 0 atom stereocenters. The average Bonchev–Trinajstić information content (AvgIpc) is 3.25. The molecule has 1 heterocycles. The van der Waals surface area contributed by atoms with Gasteiger partial charge in [-0.15, -0.1) is 0 Å². The Balaban J connectivity index is 0.000000161. The summed E-state index contributed by atoms with van der Waals surface area (Å²) < 4.78 is 5.35. The zero-order valence-corrected chi connectivity index (χ0v) is 24.5. The molecule has 0 saturated heterocycles. The molecule has 0 bridgehead atoms. The van der Waals surface area contributed by atoms with Crippen molar-refractivity contribution in [2.45, 2.75) is 47.1 Å². The lowest BCUT2D eigenvalue weighted by Crippen LogP contribution is -2.15. The molecule has 0 unspecified atom stereocenters. The third kappa shape index (κ3) is 7.36. The number of rotatable bonds is 0. The van der Waals surface area contributed by atoms with Crippen molar-refractivity contribution in [3.8, 4) is 0 Å². The van der Waals surface area contributed by atoms with E-state index in [9.17, 15) is 4.79 Å². The first-order chi connectivity index (χ1) is 19.5. The van der Waals surface area contributed by atoms with Crippen LogP contribution < -0.4 is 0 Å². The summed E-state index contributed by atoms with van der Waals surface area (Å²) in [6.07, 6.45) is 0. The summed E-state index contributed by atoms with van der Waals surface area (Å²) in [7, 11) is 0. The van der Waals surface area contributed by atoms with Crippen LogP contribution in [0.4, 0.5) is 0 Å². The normalized spacial score (nSPS) is 12.2. The molecular weight excluding hydrogens is 488 g/mol. The fourth-order valence-electron chi connectivity index (χ4n) is 4.51. The second kappa shape index (κ2) is 14.6. The molecule has 6 aromatic rings. The summed E-state index contributed by atoms with van der Waals surface area (Å²) in [5.41, 5.74) is 1.18. The molecule has 0 N–H and O–H groups in total. The lowest BCUT2D eigenvalue weighted by atomic mass is 9.93. The van der Waals surface area contributed by atoms with E-state index in [0.29, 0.717) is 5.56 Å². The van der Waals surface area contributed by atoms with E-state index >= 15 is 0 Å². The highest BCUT2D eigenvalue weighted by atomic mass is 16.6. The zero-order chi connectivity index (χ0) is 29.0. The van der Waals surface area contributed by atoms with Crippen molar-refractivity contribution in [3.63, 3.8) is 0 Å². The molecule has 2 heteroatoms. The summed E-state index contributed by atoms with van der Waals surface area (Å²) in [4.78, 5) is 11.7. The lowest BCUT2D eigenvalue weighted by molar-refractivity contribution is 0.00956. The highest BCUT2D eigenvalue weighted by Crippen LogP contribution is 2.37. The van der Waals surface area contributed by atoms with E-state index < -0.39 is 5.60 Å². The van der Waals surface area contributed by atoms with Gasteiger partial charge in [-0.25, -0.2) is 4.79 Å². The van der Waals surface area contributed by atoms with E-state index in [1.807, 2.05) is 65.8 Å². The fourth-order valence-corrected chi connectivity index (χ4v) is 4.51. The summed E-state index contributed by atoms with van der Waals surface area (Å²) in [5, 5.41) is 7.47. The van der Waals surface area contributed by atoms with Gasteiger partial charge < -0.3 is 4.74 Å². The predicted octanol–water partition coefficient (Wildman–Crippen LogP) is 11.0. The Morgan fingerprint density at radius 1 is 0.450 bits per heavy atom. The minimum absolute atomic E-state index is 0.217. The van der Waals surface area contributed by atoms with Gasteiger partial charge in [0, 0.05) is 5.56 Å². The van der Waals surface area contributed by atoms with E-state index in [2.05, 4.69) is 109 Å². The average molecular weight is 529 g/mol. The predicted molar refractivity (Wildman–Crippen MR) is 173 cm³/mol. The Labute approximate surface area is 239 Å². The highest BCUT2D eigenvalue weighted by molar-refractivity contribution is 6.00. The number of carbonyl (C=O) groups excluding carboxylic acids is 1. The molecule has 0 aromatic heterocycles. The SMILES string of the molecule is CC.CC.CC1(C)OC(=O)c2cc3ccccc3cc21.c1ccc2ccccc2c1.c1ccc2ccccc2c1. The van der Waals surface area contributed by atoms with Gasteiger partial charge in [-0.2, -0.15) is 0 Å². The van der Waals surface area contributed by atoms with Gasteiger partial charge in [-0.05, 0) is 58.3 Å². The molecule has 0 aliphatic carbocycles. The first-order valence-electron chi connectivity index (χ1n) is 14.2. The maximum absolute atomic E-state index is 11.7. The van der Waals surface area contributed by atoms with Crippen LogP contribution in [0, 0.1) is 0 Å². The number of carbonyl (C=O) groups is 1. The monoisotopic (exact) mass is 528 g/mol. The van der Waals surface area contributed by atoms with Crippen molar-refractivity contribution in [2.24, 2.45) is 0 Å². The van der Waals surface area contributed by atoms with Gasteiger partial charge in [0.05, 0.1) is 5.56 Å². The second-order valence-electron chi connectivity index (χ2n) is 9.34. The van der Waals surface area contributed by atoms with Crippen LogP contribution in [-0.4, -0.2) is 5.97 Å². The van der Waals surface area contributed by atoms with Crippen LogP contribution in [0.3, 0.4) is 0 Å². The van der Waals surface area contributed by atoms with Crippen molar-refractivity contribution >= 4 is 38.3 Å². The van der Waals surface area contributed by atoms with Crippen LogP contribution in [0.2, 0.25) is 0 Å². The molecule has 0 spiro atoms. The Morgan fingerprint density at radius 2 is 0.725 bits per heavy atom. The van der Waals surface area contributed by atoms with Gasteiger partial charge in [0.1, 0.15) is 5.60 Å². The molecule has 0 amide bonds. The third-order valence-electron chi connectivity index (χ3n) is 6.42. The molecule has 0 fully saturated rings. The van der Waals surface area contributed by atoms with Gasteiger partial charge in [0.15, 0.2) is 0 Å². The maximum Gasteiger partial charge on any atom is 0.339 e. The van der Waals surface area contributed by atoms with Crippen LogP contribution in [-0.2, 0) is 10.3 Å². The molecule has 0 saturated carbocycles. The third-order valence-corrected chi connectivity index (χ3v) is 6.42. The number of cyclic esters (lactones) is 1. The van der Waals surface area contributed by atoms with Crippen molar-refractivity contribution in [1.82, 2.24) is 0 Å². The quantitative estimate of drug-likeness (QED) is 0.183. The van der Waals surface area contributed by atoms with Gasteiger partial charge >= 0.3 is 5.97 Å². The van der Waals surface area contributed by atoms with Crippen LogP contribution in [0.15, 0.2) is 133 Å². The number of ether oxygens (including phenoxy) is 1. The van der Waals surface area contributed by atoms with E-state index in [1.54, 1.807) is 0 Å². The summed E-state index contributed by atoms with van der Waals surface area (Å²) >= 11 is 0. The molecule has 204 valence electrons. The Bertz CT molecular complexity index is 1460. The highest BCUT2D eigenvalue weighted by Gasteiger charge is 2.37. The second-order valence-corrected chi connectivity index (χ2v) is 9.34. The summed E-state index contributed by atoms with van der Waals surface area (Å²) in [6.45, 7) is 11.8. The first kappa shape index (κ1) is 30.1. The minimum atomic E-state index is -0.504. The Hall–Kier alpha value is -4.43. The van der Waals surface area contributed by atoms with Crippen LogP contribution in [0.5, 0.6) is 0 Å². The van der Waals surface area contributed by atoms with Gasteiger partial charge in [0.25, 0.3) is 0 Å². The van der Waals surface area contributed by atoms with Crippen LogP contribution in [0.25, 0.3) is 32.3 Å². The Kier molecular flexibility index (Phi) is 11.0. The molecule has 2 nitrogen and oxygen atoms in total. The molecule has 7 rings (SSSR count). The van der Waals surface area contributed by atoms with Gasteiger partial charge in [-0.3, -0.25) is 0 Å². The smallest absolute Gasteiger partial charge is 0.339 e. The van der Waals surface area contributed by atoms with E-state index in [4.69, 9.17) is 4.74 Å². The first-order valence-corrected chi connectivity index (χ1v) is 14.2. The molecule has 40 heavy (non-hydrogen) atoms. The standard InChI is InChI=1S/C14H12O2.2C10H8.2C2H6/c1-14(2)12-8-10-6-4-3-5-9(10)7-11(12)13(15)16-14;2*1-2-6-10-8-4-3-7-9(10)5-1;2*1-2/h3-8H,1-2H3;2*1-8H;2*1-2H3. The number of hydrogen-bond acceptors (Lipinski definition) is 2. The van der Waals surface area contributed by atoms with E-state index in [-0.39, 0.29) is 5.97 Å². The number of benzene rings is 6. The summed E-state index contributed by atoms with van der Waals surface area (Å²) in [6, 6.07) is 45.4.